The van der Waals surface area contributed by atoms with Gasteiger partial charge in [-0.1, -0.05) is 19.1 Å². The summed E-state index contributed by atoms with van der Waals surface area (Å²) in [4.78, 5) is 12.2. The maximum Gasteiger partial charge on any atom is 0.256 e. The van der Waals surface area contributed by atoms with E-state index >= 15 is 0 Å². The number of aryl methyl sites for hydroxylation is 1. The fourth-order valence-electron chi connectivity index (χ4n) is 1.74. The van der Waals surface area contributed by atoms with Gasteiger partial charge in [0.15, 0.2) is 0 Å². The third-order valence-electron chi connectivity index (χ3n) is 2.77. The van der Waals surface area contributed by atoms with Crippen molar-refractivity contribution in [2.24, 2.45) is 0 Å². The van der Waals surface area contributed by atoms with Gasteiger partial charge in [-0.15, -0.1) is 0 Å². The molecule has 0 saturated heterocycles. The van der Waals surface area contributed by atoms with E-state index in [9.17, 15) is 4.79 Å². The van der Waals surface area contributed by atoms with Crippen molar-refractivity contribution in [3.8, 4) is 0 Å². The second-order valence-electron chi connectivity index (χ2n) is 4.13. The van der Waals surface area contributed by atoms with Crippen molar-refractivity contribution in [2.45, 2.75) is 13.3 Å². The predicted octanol–water partition coefficient (Wildman–Crippen LogP) is 4.87. The maximum absolute atomic E-state index is 12.2. The molecule has 0 aliphatic heterocycles. The molecule has 0 radical (unpaired) electrons. The van der Waals surface area contributed by atoms with Crippen LogP contribution in [0.1, 0.15) is 22.8 Å². The number of carbonyl (C=O) groups excluding carboxylic acids is 1. The number of hydrogen-bond donors (Lipinski definition) is 1. The van der Waals surface area contributed by atoms with Crippen LogP contribution in [-0.4, -0.2) is 5.91 Å². The van der Waals surface area contributed by atoms with Crippen LogP contribution in [0.3, 0.4) is 0 Å². The molecule has 0 atom stereocenters. The van der Waals surface area contributed by atoms with E-state index in [0.29, 0.717) is 5.56 Å². The molecule has 1 amide bonds. The minimum Gasteiger partial charge on any atom is -0.322 e. The van der Waals surface area contributed by atoms with Crippen molar-refractivity contribution < 1.29 is 4.79 Å². The van der Waals surface area contributed by atoms with Crippen LogP contribution < -0.4 is 5.32 Å². The fraction of sp³-hybridized carbons (Fsp3) is 0.133. The maximum atomic E-state index is 12.2. The second kappa shape index (κ2) is 6.52. The predicted molar refractivity (Wildman–Crippen MR) is 90.6 cm³/mol. The molecule has 2 nitrogen and oxygen atoms in total. The van der Waals surface area contributed by atoms with Crippen LogP contribution in [0.5, 0.6) is 0 Å². The zero-order valence-corrected chi connectivity index (χ0v) is 14.2. The van der Waals surface area contributed by atoms with E-state index in [1.165, 1.54) is 5.56 Å². The summed E-state index contributed by atoms with van der Waals surface area (Å²) in [6.07, 6.45) is 0.955. The summed E-state index contributed by atoms with van der Waals surface area (Å²) in [6.45, 7) is 2.09. The number of rotatable bonds is 3. The lowest BCUT2D eigenvalue weighted by atomic mass is 10.1. The second-order valence-corrected chi connectivity index (χ2v) is 6.23. The fourth-order valence-corrected chi connectivity index (χ4v) is 2.66. The van der Waals surface area contributed by atoms with Crippen molar-refractivity contribution in [1.29, 1.82) is 0 Å². The van der Waals surface area contributed by atoms with Gasteiger partial charge >= 0.3 is 0 Å². The molecule has 2 aromatic rings. The van der Waals surface area contributed by atoms with Gasteiger partial charge in [-0.05, 0) is 80.8 Å². The van der Waals surface area contributed by atoms with E-state index in [1.54, 1.807) is 0 Å². The molecule has 0 aromatic heterocycles. The highest BCUT2D eigenvalue weighted by Crippen LogP contribution is 2.21. The Labute approximate surface area is 134 Å². The van der Waals surface area contributed by atoms with E-state index in [-0.39, 0.29) is 5.91 Å². The lowest BCUT2D eigenvalue weighted by molar-refractivity contribution is 0.102. The Morgan fingerprint density at radius 1 is 1.26 bits per heavy atom. The van der Waals surface area contributed by atoms with Crippen molar-refractivity contribution in [3.63, 3.8) is 0 Å². The van der Waals surface area contributed by atoms with E-state index in [1.807, 2.05) is 36.4 Å². The zero-order chi connectivity index (χ0) is 13.8. The van der Waals surface area contributed by atoms with Gasteiger partial charge in [-0.25, -0.2) is 0 Å². The summed E-state index contributed by atoms with van der Waals surface area (Å²) in [5.41, 5.74) is 2.68. The van der Waals surface area contributed by atoms with Crippen LogP contribution in [-0.2, 0) is 6.42 Å². The van der Waals surface area contributed by atoms with Crippen LogP contribution in [0.15, 0.2) is 46.9 Å². The van der Waals surface area contributed by atoms with Gasteiger partial charge in [-0.2, -0.15) is 0 Å². The van der Waals surface area contributed by atoms with Gasteiger partial charge in [0.1, 0.15) is 0 Å². The van der Waals surface area contributed by atoms with Crippen molar-refractivity contribution in [2.75, 3.05) is 5.32 Å². The molecule has 0 fully saturated rings. The van der Waals surface area contributed by atoms with Crippen LogP contribution in [0.2, 0.25) is 0 Å². The third-order valence-corrected chi connectivity index (χ3v) is 4.13. The van der Waals surface area contributed by atoms with Crippen LogP contribution >= 0.6 is 38.5 Å². The summed E-state index contributed by atoms with van der Waals surface area (Å²) >= 11 is 5.61. The SMILES string of the molecule is CCc1cccc(NC(=O)c2cc(I)ccc2Br)c1. The number of anilines is 1. The van der Waals surface area contributed by atoms with Gasteiger partial charge in [0.2, 0.25) is 0 Å². The molecule has 0 aliphatic carbocycles. The molecule has 0 aliphatic rings. The first-order valence-electron chi connectivity index (χ1n) is 5.95. The standard InChI is InChI=1S/C15H13BrINO/c1-2-10-4-3-5-12(8-10)18-15(19)13-9-11(17)6-7-14(13)16/h3-9H,2H2,1H3,(H,18,19). The number of hydrogen-bond acceptors (Lipinski definition) is 1. The van der Waals surface area contributed by atoms with E-state index in [4.69, 9.17) is 0 Å². The van der Waals surface area contributed by atoms with Gasteiger partial charge in [-0.3, -0.25) is 4.79 Å². The Kier molecular flexibility index (Phi) is 4.99. The molecule has 0 heterocycles. The molecule has 2 aromatic carbocycles. The average molecular weight is 430 g/mol. The number of nitrogens with one attached hydrogen (secondary N) is 1. The van der Waals surface area contributed by atoms with Crippen LogP contribution in [0.4, 0.5) is 5.69 Å². The number of halogens is 2. The van der Waals surface area contributed by atoms with Gasteiger partial charge in [0, 0.05) is 13.7 Å². The molecule has 0 bridgehead atoms. The molecule has 0 spiro atoms. The highest BCUT2D eigenvalue weighted by Gasteiger charge is 2.10. The lowest BCUT2D eigenvalue weighted by Gasteiger charge is -2.08. The average Bonchev–Trinajstić information content (AvgIpc) is 2.41. The van der Waals surface area contributed by atoms with Gasteiger partial charge < -0.3 is 5.32 Å². The normalized spacial score (nSPS) is 10.3. The first-order valence-corrected chi connectivity index (χ1v) is 7.82. The smallest absolute Gasteiger partial charge is 0.256 e. The zero-order valence-electron chi connectivity index (χ0n) is 10.4. The summed E-state index contributed by atoms with van der Waals surface area (Å²) in [5, 5.41) is 2.93. The van der Waals surface area contributed by atoms with Crippen molar-refractivity contribution in [3.05, 3.63) is 61.6 Å². The van der Waals surface area contributed by atoms with Crippen molar-refractivity contribution >= 4 is 50.1 Å². The van der Waals surface area contributed by atoms with Crippen LogP contribution in [0.25, 0.3) is 0 Å². The molecule has 2 rings (SSSR count). The largest absolute Gasteiger partial charge is 0.322 e. The topological polar surface area (TPSA) is 29.1 Å². The lowest BCUT2D eigenvalue weighted by Crippen LogP contribution is -2.13. The summed E-state index contributed by atoms with van der Waals surface area (Å²) in [5.74, 6) is -0.0985. The van der Waals surface area contributed by atoms with Gasteiger partial charge in [0.25, 0.3) is 5.91 Å². The molecular formula is C15H13BrINO. The monoisotopic (exact) mass is 429 g/mol. The Balaban J connectivity index is 2.23. The van der Waals surface area contributed by atoms with E-state index in [0.717, 1.165) is 20.2 Å². The minimum atomic E-state index is -0.0985. The first kappa shape index (κ1) is 14.5. The molecule has 1 N–H and O–H groups in total. The molecule has 19 heavy (non-hydrogen) atoms. The van der Waals surface area contributed by atoms with E-state index in [2.05, 4.69) is 56.8 Å². The molecular weight excluding hydrogens is 417 g/mol. The number of benzene rings is 2. The molecule has 0 saturated carbocycles. The minimum absolute atomic E-state index is 0.0985. The number of carbonyl (C=O) groups is 1. The van der Waals surface area contributed by atoms with E-state index < -0.39 is 0 Å². The summed E-state index contributed by atoms with van der Waals surface area (Å²) < 4.78 is 1.84. The van der Waals surface area contributed by atoms with Crippen molar-refractivity contribution in [1.82, 2.24) is 0 Å². The molecule has 98 valence electrons. The molecule has 0 unspecified atom stereocenters. The molecule has 4 heteroatoms. The third kappa shape index (κ3) is 3.79. The Bertz CT molecular complexity index is 613. The highest BCUT2D eigenvalue weighted by molar-refractivity contribution is 14.1. The van der Waals surface area contributed by atoms with Gasteiger partial charge in [0.05, 0.1) is 5.56 Å². The Morgan fingerprint density at radius 2 is 2.05 bits per heavy atom. The highest BCUT2D eigenvalue weighted by atomic mass is 127. The van der Waals surface area contributed by atoms with Crippen LogP contribution in [0, 0.1) is 3.57 Å². The Morgan fingerprint density at radius 3 is 2.79 bits per heavy atom. The number of amides is 1. The quantitative estimate of drug-likeness (QED) is 0.693. The summed E-state index contributed by atoms with van der Waals surface area (Å²) in [7, 11) is 0. The Hall–Kier alpha value is -0.880. The summed E-state index contributed by atoms with van der Waals surface area (Å²) in [6, 6.07) is 13.6. The first-order chi connectivity index (χ1) is 9.10.